The minimum Gasteiger partial charge on any atom is -0.469 e. The van der Waals surface area contributed by atoms with E-state index in [1.165, 1.54) is 0 Å². The molecule has 0 spiro atoms. The summed E-state index contributed by atoms with van der Waals surface area (Å²) >= 11 is 0. The van der Waals surface area contributed by atoms with Crippen molar-refractivity contribution in [1.29, 1.82) is 0 Å². The van der Waals surface area contributed by atoms with E-state index in [2.05, 4.69) is 29.1 Å². The zero-order chi connectivity index (χ0) is 12.8. The zero-order valence-electron chi connectivity index (χ0n) is 10.9. The molecule has 0 aliphatic rings. The Kier molecular flexibility index (Phi) is 4.34. The van der Waals surface area contributed by atoms with Crippen molar-refractivity contribution in [2.45, 2.75) is 39.2 Å². The molecule has 1 atom stereocenters. The largest absolute Gasteiger partial charge is 0.469 e. The van der Waals surface area contributed by atoms with Crippen LogP contribution < -0.4 is 5.32 Å². The van der Waals surface area contributed by atoms with Crippen LogP contribution in [0.25, 0.3) is 0 Å². The molecule has 0 saturated heterocycles. The fourth-order valence-electron chi connectivity index (χ4n) is 1.81. The molecular weight excluding hydrogens is 226 g/mol. The molecule has 4 nitrogen and oxygen atoms in total. The number of hydrogen-bond donors (Lipinski definition) is 1. The molecule has 0 aromatic carbocycles. The van der Waals surface area contributed by atoms with E-state index >= 15 is 0 Å². The fraction of sp³-hybridized carbons (Fsp3) is 0.429. The van der Waals surface area contributed by atoms with Crippen LogP contribution in [0.2, 0.25) is 0 Å². The zero-order valence-corrected chi connectivity index (χ0v) is 10.9. The molecule has 18 heavy (non-hydrogen) atoms. The van der Waals surface area contributed by atoms with Crippen LogP contribution in [0, 0.1) is 0 Å². The van der Waals surface area contributed by atoms with Crippen LogP contribution in [0.4, 0.5) is 5.82 Å². The van der Waals surface area contributed by atoms with Crippen molar-refractivity contribution in [1.82, 2.24) is 9.97 Å². The summed E-state index contributed by atoms with van der Waals surface area (Å²) < 4.78 is 5.32. The lowest BCUT2D eigenvalue weighted by atomic mass is 10.1. The third kappa shape index (κ3) is 3.58. The van der Waals surface area contributed by atoms with Gasteiger partial charge in [-0.2, -0.15) is 0 Å². The van der Waals surface area contributed by atoms with Gasteiger partial charge in [0.1, 0.15) is 17.9 Å². The van der Waals surface area contributed by atoms with E-state index in [0.717, 1.165) is 36.5 Å². The van der Waals surface area contributed by atoms with Gasteiger partial charge < -0.3 is 9.73 Å². The average Bonchev–Trinajstić information content (AvgIpc) is 2.90. The molecule has 2 rings (SSSR count). The number of hydrogen-bond acceptors (Lipinski definition) is 4. The maximum atomic E-state index is 5.32. The Hall–Kier alpha value is -1.84. The van der Waals surface area contributed by atoms with Crippen LogP contribution in [-0.4, -0.2) is 16.0 Å². The number of rotatable bonds is 6. The van der Waals surface area contributed by atoms with Gasteiger partial charge in [0, 0.05) is 24.2 Å². The molecule has 2 aromatic heterocycles. The van der Waals surface area contributed by atoms with Gasteiger partial charge >= 0.3 is 0 Å². The average molecular weight is 245 g/mol. The Morgan fingerprint density at radius 2 is 2.28 bits per heavy atom. The van der Waals surface area contributed by atoms with Crippen molar-refractivity contribution >= 4 is 5.82 Å². The SMILES string of the molecule is CCc1cc(NC(C)CCc2ccco2)ncn1. The van der Waals surface area contributed by atoms with Gasteiger partial charge in [0.15, 0.2) is 0 Å². The smallest absolute Gasteiger partial charge is 0.129 e. The predicted octanol–water partition coefficient (Wildman–Crippen LogP) is 3.07. The summed E-state index contributed by atoms with van der Waals surface area (Å²) in [6, 6.07) is 6.29. The molecule has 0 aliphatic carbocycles. The second-order valence-corrected chi connectivity index (χ2v) is 4.41. The van der Waals surface area contributed by atoms with Gasteiger partial charge in [-0.3, -0.25) is 0 Å². The molecule has 2 aromatic rings. The van der Waals surface area contributed by atoms with Crippen molar-refractivity contribution in [2.75, 3.05) is 5.32 Å². The minimum atomic E-state index is 0.356. The molecule has 96 valence electrons. The molecule has 0 bridgehead atoms. The van der Waals surface area contributed by atoms with Gasteiger partial charge in [-0.25, -0.2) is 9.97 Å². The second kappa shape index (κ2) is 6.19. The summed E-state index contributed by atoms with van der Waals surface area (Å²) in [5.41, 5.74) is 1.06. The lowest BCUT2D eigenvalue weighted by Crippen LogP contribution is -2.17. The quantitative estimate of drug-likeness (QED) is 0.849. The van der Waals surface area contributed by atoms with Crippen LogP contribution >= 0.6 is 0 Å². The van der Waals surface area contributed by atoms with Crippen molar-refractivity contribution in [3.63, 3.8) is 0 Å². The summed E-state index contributed by atoms with van der Waals surface area (Å²) in [4.78, 5) is 8.41. The summed E-state index contributed by atoms with van der Waals surface area (Å²) in [5.74, 6) is 1.93. The minimum absolute atomic E-state index is 0.356. The Morgan fingerprint density at radius 3 is 3.00 bits per heavy atom. The van der Waals surface area contributed by atoms with E-state index in [9.17, 15) is 0 Å². The summed E-state index contributed by atoms with van der Waals surface area (Å²) in [6.07, 6.45) is 6.20. The van der Waals surface area contributed by atoms with Crippen LogP contribution in [0.1, 0.15) is 31.7 Å². The van der Waals surface area contributed by atoms with Crippen molar-refractivity contribution in [3.05, 3.63) is 42.2 Å². The predicted molar refractivity (Wildman–Crippen MR) is 71.5 cm³/mol. The van der Waals surface area contributed by atoms with E-state index in [4.69, 9.17) is 4.42 Å². The van der Waals surface area contributed by atoms with Crippen molar-refractivity contribution < 1.29 is 4.42 Å². The Morgan fingerprint density at radius 1 is 1.39 bits per heavy atom. The Bertz CT molecular complexity index is 468. The van der Waals surface area contributed by atoms with E-state index < -0.39 is 0 Å². The molecule has 1 N–H and O–H groups in total. The third-order valence-electron chi connectivity index (χ3n) is 2.88. The number of furan rings is 1. The van der Waals surface area contributed by atoms with Gasteiger partial charge in [0.2, 0.25) is 0 Å². The van der Waals surface area contributed by atoms with Crippen molar-refractivity contribution in [3.8, 4) is 0 Å². The number of nitrogens with one attached hydrogen (secondary N) is 1. The topological polar surface area (TPSA) is 51.0 Å². The highest BCUT2D eigenvalue weighted by Crippen LogP contribution is 2.10. The molecule has 0 saturated carbocycles. The normalized spacial score (nSPS) is 12.3. The standard InChI is InChI=1S/C14H19N3O/c1-3-12-9-14(16-10-15-12)17-11(2)6-7-13-5-4-8-18-13/h4-5,8-11H,3,6-7H2,1-2H3,(H,15,16,17). The molecule has 0 amide bonds. The first-order valence-corrected chi connectivity index (χ1v) is 6.37. The number of nitrogens with zero attached hydrogens (tertiary/aromatic N) is 2. The molecule has 0 fully saturated rings. The van der Waals surface area contributed by atoms with E-state index in [-0.39, 0.29) is 0 Å². The fourth-order valence-corrected chi connectivity index (χ4v) is 1.81. The van der Waals surface area contributed by atoms with E-state index in [1.807, 2.05) is 18.2 Å². The number of aromatic nitrogens is 2. The highest BCUT2D eigenvalue weighted by Gasteiger charge is 2.05. The Balaban J connectivity index is 1.84. The number of anilines is 1. The number of aryl methyl sites for hydroxylation is 2. The first-order valence-electron chi connectivity index (χ1n) is 6.37. The van der Waals surface area contributed by atoms with E-state index in [1.54, 1.807) is 12.6 Å². The molecular formula is C14H19N3O. The third-order valence-corrected chi connectivity index (χ3v) is 2.88. The summed E-state index contributed by atoms with van der Waals surface area (Å²) in [7, 11) is 0. The maximum absolute atomic E-state index is 5.32. The highest BCUT2D eigenvalue weighted by atomic mass is 16.3. The maximum Gasteiger partial charge on any atom is 0.129 e. The first-order chi connectivity index (χ1) is 8.78. The van der Waals surface area contributed by atoms with Gasteiger partial charge in [-0.1, -0.05) is 6.92 Å². The lowest BCUT2D eigenvalue weighted by molar-refractivity contribution is 0.495. The van der Waals surface area contributed by atoms with Crippen LogP contribution in [-0.2, 0) is 12.8 Å². The molecule has 2 heterocycles. The second-order valence-electron chi connectivity index (χ2n) is 4.41. The summed E-state index contributed by atoms with van der Waals surface area (Å²) in [5, 5.41) is 3.39. The van der Waals surface area contributed by atoms with Gasteiger partial charge in [0.05, 0.1) is 6.26 Å². The molecule has 1 unspecified atom stereocenters. The van der Waals surface area contributed by atoms with Gasteiger partial charge in [0.25, 0.3) is 0 Å². The molecule has 0 aliphatic heterocycles. The van der Waals surface area contributed by atoms with Crippen LogP contribution in [0.5, 0.6) is 0 Å². The van der Waals surface area contributed by atoms with E-state index in [0.29, 0.717) is 6.04 Å². The monoisotopic (exact) mass is 245 g/mol. The van der Waals surface area contributed by atoms with Gasteiger partial charge in [-0.15, -0.1) is 0 Å². The summed E-state index contributed by atoms with van der Waals surface area (Å²) in [6.45, 7) is 4.24. The Labute approximate surface area is 107 Å². The first kappa shape index (κ1) is 12.6. The van der Waals surface area contributed by atoms with Crippen LogP contribution in [0.3, 0.4) is 0 Å². The molecule has 0 radical (unpaired) electrons. The van der Waals surface area contributed by atoms with Crippen LogP contribution in [0.15, 0.2) is 35.2 Å². The lowest BCUT2D eigenvalue weighted by Gasteiger charge is -2.13. The van der Waals surface area contributed by atoms with Crippen molar-refractivity contribution in [2.24, 2.45) is 0 Å². The highest BCUT2D eigenvalue weighted by molar-refractivity contribution is 5.35. The van der Waals surface area contributed by atoms with Gasteiger partial charge in [-0.05, 0) is 31.9 Å². The molecule has 4 heteroatoms.